The second-order valence-corrected chi connectivity index (χ2v) is 10.6. The van der Waals surface area contributed by atoms with Crippen molar-refractivity contribution in [2.24, 2.45) is 5.10 Å². The minimum atomic E-state index is -1.18. The number of nitrogens with one attached hydrogen (secondary N) is 3. The number of carbonyl (C=O) groups excluding carboxylic acids is 2. The van der Waals surface area contributed by atoms with Crippen LogP contribution in [0.3, 0.4) is 0 Å². The number of hydrogen-bond donors (Lipinski definition) is 4. The molecular weight excluding hydrogens is 646 g/mol. The van der Waals surface area contributed by atoms with Crippen LogP contribution in [0.1, 0.15) is 42.1 Å². The van der Waals surface area contributed by atoms with Gasteiger partial charge in [-0.2, -0.15) is 10.4 Å². The van der Waals surface area contributed by atoms with Gasteiger partial charge < -0.3 is 34.7 Å². The highest BCUT2D eigenvalue weighted by Crippen LogP contribution is 2.35. The molecule has 1 heterocycles. The van der Waals surface area contributed by atoms with Gasteiger partial charge in [-0.1, -0.05) is 34.1 Å². The van der Waals surface area contributed by atoms with E-state index >= 15 is 0 Å². The van der Waals surface area contributed by atoms with Crippen molar-refractivity contribution in [1.82, 2.24) is 16.1 Å². The molecule has 0 saturated carbocycles. The number of methoxy groups -OCH3 is 1. The van der Waals surface area contributed by atoms with Crippen LogP contribution in [0, 0.1) is 11.3 Å². The lowest BCUT2D eigenvalue weighted by Crippen LogP contribution is -2.45. The Kier molecular flexibility index (Phi) is 11.4. The van der Waals surface area contributed by atoms with Crippen LogP contribution in [0.25, 0.3) is 0 Å². The number of aliphatic hydroxyl groups excluding tert-OH is 1. The summed E-state index contributed by atoms with van der Waals surface area (Å²) in [6, 6.07) is 18.4. The number of hydrazone groups is 1. The molecule has 4 N–H and O–H groups in total. The lowest BCUT2D eigenvalue weighted by atomic mass is 9.95. The predicted molar refractivity (Wildman–Crippen MR) is 169 cm³/mol. The van der Waals surface area contributed by atoms with Gasteiger partial charge in [-0.3, -0.25) is 5.43 Å². The molecule has 0 radical (unpaired) electrons. The standard InChI is InChI=1S/C32H32BrN5O7/c1-4-43-27-14-22(30-29(31(40)42-3)19(2)36-32(41)37-30)9-11-26(27)45-18-28(39)38-35-16-23-13-24(33)10-12-25(23)44-17-21-7-5-20(15-34)6-8-21/h5-14,16,28,30,38-39H,4,17-18H2,1-3H3,(H2,36,37,41)/b35-16+/t28-,30-/m1/s1. The van der Waals surface area contributed by atoms with Gasteiger partial charge in [-0.15, -0.1) is 0 Å². The normalized spacial score (nSPS) is 15.0. The van der Waals surface area contributed by atoms with Crippen LogP contribution in [0.15, 0.2) is 81.5 Å². The van der Waals surface area contributed by atoms with Crippen molar-refractivity contribution in [2.75, 3.05) is 20.3 Å². The minimum Gasteiger partial charge on any atom is -0.490 e. The molecule has 1 aliphatic rings. The minimum absolute atomic E-state index is 0.173. The topological polar surface area (TPSA) is 164 Å². The number of hydrogen-bond acceptors (Lipinski definition) is 10. The van der Waals surface area contributed by atoms with Crippen molar-refractivity contribution in [2.45, 2.75) is 32.7 Å². The average molecular weight is 679 g/mol. The molecule has 45 heavy (non-hydrogen) atoms. The molecule has 12 nitrogen and oxygen atoms in total. The van der Waals surface area contributed by atoms with E-state index in [2.05, 4.69) is 43.2 Å². The van der Waals surface area contributed by atoms with Gasteiger partial charge in [0.15, 0.2) is 17.7 Å². The third-order valence-corrected chi connectivity index (χ3v) is 7.04. The van der Waals surface area contributed by atoms with Gasteiger partial charge in [-0.25, -0.2) is 9.59 Å². The van der Waals surface area contributed by atoms with E-state index in [0.29, 0.717) is 52.8 Å². The maximum Gasteiger partial charge on any atom is 0.337 e. The smallest absolute Gasteiger partial charge is 0.337 e. The van der Waals surface area contributed by atoms with Crippen LogP contribution >= 0.6 is 15.9 Å². The number of nitrogens with zero attached hydrogens (tertiary/aromatic N) is 2. The molecule has 0 spiro atoms. The number of urea groups is 1. The summed E-state index contributed by atoms with van der Waals surface area (Å²) >= 11 is 3.45. The van der Waals surface area contributed by atoms with Gasteiger partial charge in [0, 0.05) is 15.7 Å². The molecule has 3 aromatic rings. The molecule has 2 atom stereocenters. The first-order chi connectivity index (χ1) is 21.7. The SMILES string of the molecule is CCOc1cc([C@H]2NC(=O)NC(C)=C2C(=O)OC)ccc1OC[C@@H](O)N/N=C/c1cc(Br)ccc1OCc1ccc(C#N)cc1. The summed E-state index contributed by atoms with van der Waals surface area (Å²) in [4.78, 5) is 24.6. The number of rotatable bonds is 13. The Labute approximate surface area is 268 Å². The van der Waals surface area contributed by atoms with Gasteiger partial charge >= 0.3 is 12.0 Å². The molecule has 0 fully saturated rings. The summed E-state index contributed by atoms with van der Waals surface area (Å²) in [6.45, 7) is 3.88. The van der Waals surface area contributed by atoms with Gasteiger partial charge in [0.2, 0.25) is 0 Å². The van der Waals surface area contributed by atoms with E-state index in [4.69, 9.17) is 24.2 Å². The van der Waals surface area contributed by atoms with E-state index in [-0.39, 0.29) is 12.2 Å². The number of amides is 2. The second-order valence-electron chi connectivity index (χ2n) is 9.69. The molecule has 0 aliphatic carbocycles. The van der Waals surface area contributed by atoms with Crippen LogP contribution < -0.4 is 30.3 Å². The fraction of sp³-hybridized carbons (Fsp3) is 0.250. The average Bonchev–Trinajstić information content (AvgIpc) is 3.03. The summed E-state index contributed by atoms with van der Waals surface area (Å²) in [5, 5.41) is 29.0. The number of ether oxygens (including phenoxy) is 4. The Hall–Kier alpha value is -5.06. The fourth-order valence-electron chi connectivity index (χ4n) is 4.40. The molecule has 1 aliphatic heterocycles. The van der Waals surface area contributed by atoms with Gasteiger partial charge in [0.1, 0.15) is 19.0 Å². The van der Waals surface area contributed by atoms with Crippen molar-refractivity contribution in [3.05, 3.63) is 98.7 Å². The van der Waals surface area contributed by atoms with Crippen molar-refractivity contribution in [3.8, 4) is 23.3 Å². The molecule has 0 aromatic heterocycles. The number of carbonyl (C=O) groups is 2. The number of benzene rings is 3. The lowest BCUT2D eigenvalue weighted by molar-refractivity contribution is -0.136. The van der Waals surface area contributed by atoms with Crippen LogP contribution in [0.5, 0.6) is 17.2 Å². The van der Waals surface area contributed by atoms with E-state index in [1.807, 2.05) is 31.2 Å². The summed E-state index contributed by atoms with van der Waals surface area (Å²) in [7, 11) is 1.27. The highest BCUT2D eigenvalue weighted by Gasteiger charge is 2.32. The van der Waals surface area contributed by atoms with Crippen LogP contribution in [0.4, 0.5) is 4.79 Å². The first-order valence-corrected chi connectivity index (χ1v) is 14.7. The zero-order chi connectivity index (χ0) is 32.3. The van der Waals surface area contributed by atoms with Gasteiger partial charge in [0.25, 0.3) is 0 Å². The Morgan fingerprint density at radius 1 is 1.11 bits per heavy atom. The second kappa shape index (κ2) is 15.6. The predicted octanol–water partition coefficient (Wildman–Crippen LogP) is 4.42. The number of nitriles is 1. The van der Waals surface area contributed by atoms with Crippen LogP contribution in [0.2, 0.25) is 0 Å². The Bertz CT molecular complexity index is 1640. The number of aliphatic hydroxyl groups is 1. The quantitative estimate of drug-likeness (QED) is 0.0887. The first kappa shape index (κ1) is 32.8. The van der Waals surface area contributed by atoms with Crippen molar-refractivity contribution >= 4 is 34.1 Å². The van der Waals surface area contributed by atoms with E-state index in [9.17, 15) is 14.7 Å². The Morgan fingerprint density at radius 3 is 2.58 bits per heavy atom. The van der Waals surface area contributed by atoms with Crippen LogP contribution in [-0.2, 0) is 16.1 Å². The molecule has 3 aromatic carbocycles. The van der Waals surface area contributed by atoms with Crippen molar-refractivity contribution in [1.29, 1.82) is 5.26 Å². The first-order valence-electron chi connectivity index (χ1n) is 13.9. The Morgan fingerprint density at radius 2 is 1.87 bits per heavy atom. The zero-order valence-electron chi connectivity index (χ0n) is 24.8. The number of halogens is 1. The van der Waals surface area contributed by atoms with Crippen molar-refractivity contribution < 1.29 is 33.6 Å². The molecule has 2 amide bonds. The Balaban J connectivity index is 1.40. The number of esters is 1. The van der Waals surface area contributed by atoms with Crippen LogP contribution in [-0.4, -0.2) is 49.9 Å². The van der Waals surface area contributed by atoms with Gasteiger partial charge in [0.05, 0.1) is 43.2 Å². The third kappa shape index (κ3) is 8.75. The van der Waals surface area contributed by atoms with E-state index < -0.39 is 24.3 Å². The lowest BCUT2D eigenvalue weighted by Gasteiger charge is -2.28. The molecule has 0 bridgehead atoms. The summed E-state index contributed by atoms with van der Waals surface area (Å²) in [6.07, 6.45) is 0.343. The molecule has 234 valence electrons. The molecule has 13 heteroatoms. The zero-order valence-corrected chi connectivity index (χ0v) is 26.4. The third-order valence-electron chi connectivity index (χ3n) is 6.55. The number of allylic oxidation sites excluding steroid dienone is 1. The fourth-order valence-corrected chi connectivity index (χ4v) is 4.78. The maximum absolute atomic E-state index is 12.5. The maximum atomic E-state index is 12.5. The highest BCUT2D eigenvalue weighted by molar-refractivity contribution is 9.10. The highest BCUT2D eigenvalue weighted by atomic mass is 79.9. The molecular formula is C32H32BrN5O7. The summed E-state index contributed by atoms with van der Waals surface area (Å²) in [5.74, 6) is 0.701. The summed E-state index contributed by atoms with van der Waals surface area (Å²) < 4.78 is 23.3. The molecule has 4 rings (SSSR count). The summed E-state index contributed by atoms with van der Waals surface area (Å²) in [5.41, 5.74) is 5.99. The van der Waals surface area contributed by atoms with E-state index in [0.717, 1.165) is 10.0 Å². The van der Waals surface area contributed by atoms with Gasteiger partial charge in [-0.05, 0) is 67.4 Å². The van der Waals surface area contributed by atoms with Crippen molar-refractivity contribution in [3.63, 3.8) is 0 Å². The van der Waals surface area contributed by atoms with E-state index in [1.54, 1.807) is 43.3 Å². The monoisotopic (exact) mass is 677 g/mol. The molecule has 0 unspecified atom stereocenters. The largest absolute Gasteiger partial charge is 0.490 e. The molecule has 0 saturated heterocycles. The van der Waals surface area contributed by atoms with E-state index in [1.165, 1.54) is 13.3 Å².